The molecule has 0 aromatic heterocycles. The fourth-order valence-electron chi connectivity index (χ4n) is 1.37. The summed E-state index contributed by atoms with van der Waals surface area (Å²) in [4.78, 5) is 11.6. The van der Waals surface area contributed by atoms with Gasteiger partial charge in [0, 0.05) is 18.5 Å². The maximum Gasteiger partial charge on any atom is 0.253 e. The summed E-state index contributed by atoms with van der Waals surface area (Å²) in [5.41, 5.74) is 5.73. The summed E-state index contributed by atoms with van der Waals surface area (Å²) in [6.07, 6.45) is 1.46. The predicted octanol–water partition coefficient (Wildman–Crippen LogP) is 0.572. The van der Waals surface area contributed by atoms with Gasteiger partial charge in [-0.3, -0.25) is 4.79 Å². The molecule has 1 aromatic carbocycles. The highest BCUT2D eigenvalue weighted by Crippen LogP contribution is 2.12. The maximum atomic E-state index is 12.8. The van der Waals surface area contributed by atoms with Gasteiger partial charge in [-0.25, -0.2) is 12.8 Å². The van der Waals surface area contributed by atoms with E-state index in [1.165, 1.54) is 6.07 Å². The van der Waals surface area contributed by atoms with Gasteiger partial charge in [0.05, 0.1) is 11.3 Å². The lowest BCUT2D eigenvalue weighted by molar-refractivity contribution is 0.0954. The van der Waals surface area contributed by atoms with Crippen molar-refractivity contribution in [3.63, 3.8) is 0 Å². The number of anilines is 1. The molecule has 0 fully saturated rings. The highest BCUT2D eigenvalue weighted by Gasteiger charge is 2.10. The number of hydrogen-bond acceptors (Lipinski definition) is 4. The number of nitrogens with one attached hydrogen (secondary N) is 1. The Hall–Kier alpha value is -1.63. The molecule has 0 spiro atoms. The van der Waals surface area contributed by atoms with Gasteiger partial charge in [0.1, 0.15) is 15.7 Å². The van der Waals surface area contributed by atoms with Crippen molar-refractivity contribution < 1.29 is 17.6 Å². The monoisotopic (exact) mass is 274 g/mol. The Morgan fingerprint density at radius 2 is 2.11 bits per heavy atom. The Labute approximate surface area is 105 Å². The Morgan fingerprint density at radius 1 is 1.44 bits per heavy atom. The first-order valence-electron chi connectivity index (χ1n) is 5.30. The van der Waals surface area contributed by atoms with Crippen molar-refractivity contribution in [2.75, 3.05) is 24.3 Å². The van der Waals surface area contributed by atoms with Crippen molar-refractivity contribution in [3.8, 4) is 0 Å². The number of benzene rings is 1. The molecule has 0 unspecified atom stereocenters. The third-order valence-corrected chi connectivity index (χ3v) is 3.27. The SMILES string of the molecule is CS(=O)(=O)CCCNC(=O)c1ccc(F)cc1N. The van der Waals surface area contributed by atoms with Crippen LogP contribution in [0.25, 0.3) is 0 Å². The van der Waals surface area contributed by atoms with E-state index in [0.717, 1.165) is 18.4 Å². The van der Waals surface area contributed by atoms with Gasteiger partial charge in [0.15, 0.2) is 0 Å². The van der Waals surface area contributed by atoms with Crippen molar-refractivity contribution in [1.29, 1.82) is 0 Å². The summed E-state index contributed by atoms with van der Waals surface area (Å²) in [6, 6.07) is 3.49. The number of nitrogen functional groups attached to an aromatic ring is 1. The van der Waals surface area contributed by atoms with Crippen molar-refractivity contribution in [1.82, 2.24) is 5.32 Å². The average molecular weight is 274 g/mol. The Kier molecular flexibility index (Phi) is 4.66. The first kappa shape index (κ1) is 14.4. The van der Waals surface area contributed by atoms with Gasteiger partial charge in [-0.05, 0) is 24.6 Å². The van der Waals surface area contributed by atoms with E-state index in [2.05, 4.69) is 5.32 Å². The van der Waals surface area contributed by atoms with Crippen LogP contribution in [0.4, 0.5) is 10.1 Å². The Morgan fingerprint density at radius 3 is 2.67 bits per heavy atom. The van der Waals surface area contributed by atoms with Gasteiger partial charge < -0.3 is 11.1 Å². The van der Waals surface area contributed by atoms with E-state index in [1.807, 2.05) is 0 Å². The van der Waals surface area contributed by atoms with Gasteiger partial charge in [-0.15, -0.1) is 0 Å². The summed E-state index contributed by atoms with van der Waals surface area (Å²) < 4.78 is 34.5. The topological polar surface area (TPSA) is 89.3 Å². The highest BCUT2D eigenvalue weighted by molar-refractivity contribution is 7.90. The third-order valence-electron chi connectivity index (χ3n) is 2.24. The minimum absolute atomic E-state index is 0.00613. The molecule has 0 radical (unpaired) electrons. The first-order chi connectivity index (χ1) is 8.29. The maximum absolute atomic E-state index is 12.8. The van der Waals surface area contributed by atoms with Gasteiger partial charge in [0.25, 0.3) is 5.91 Å². The molecule has 0 heterocycles. The van der Waals surface area contributed by atoms with E-state index in [4.69, 9.17) is 5.73 Å². The molecule has 5 nitrogen and oxygen atoms in total. The molecule has 100 valence electrons. The second kappa shape index (κ2) is 5.81. The van der Waals surface area contributed by atoms with Crippen LogP contribution in [0.1, 0.15) is 16.8 Å². The second-order valence-electron chi connectivity index (χ2n) is 3.97. The first-order valence-corrected chi connectivity index (χ1v) is 7.36. The molecule has 0 saturated carbocycles. The molecule has 7 heteroatoms. The molecule has 0 saturated heterocycles. The smallest absolute Gasteiger partial charge is 0.253 e. The number of amides is 1. The van der Waals surface area contributed by atoms with Crippen molar-refractivity contribution in [3.05, 3.63) is 29.6 Å². The summed E-state index contributed by atoms with van der Waals surface area (Å²) in [7, 11) is -3.03. The minimum atomic E-state index is -3.03. The standard InChI is InChI=1S/C11H15FN2O3S/c1-18(16,17)6-2-5-14-11(15)9-4-3-8(12)7-10(9)13/h3-4,7H,2,5-6,13H2,1H3,(H,14,15). The van der Waals surface area contributed by atoms with Crippen LogP contribution in [0.3, 0.4) is 0 Å². The fraction of sp³-hybridized carbons (Fsp3) is 0.364. The zero-order chi connectivity index (χ0) is 13.8. The summed E-state index contributed by atoms with van der Waals surface area (Å²) in [6.45, 7) is 0.225. The number of carbonyl (C=O) groups is 1. The van der Waals surface area contributed by atoms with E-state index < -0.39 is 21.6 Å². The average Bonchev–Trinajstić information content (AvgIpc) is 2.22. The van der Waals surface area contributed by atoms with Gasteiger partial charge in [-0.1, -0.05) is 0 Å². The highest BCUT2D eigenvalue weighted by atomic mass is 32.2. The van der Waals surface area contributed by atoms with Crippen LogP contribution in [0, 0.1) is 5.82 Å². The van der Waals surface area contributed by atoms with Crippen LogP contribution in [0.15, 0.2) is 18.2 Å². The number of sulfone groups is 1. The quantitative estimate of drug-likeness (QED) is 0.607. The van der Waals surface area contributed by atoms with Gasteiger partial charge in [0.2, 0.25) is 0 Å². The molecule has 0 bridgehead atoms. The lowest BCUT2D eigenvalue weighted by atomic mass is 10.1. The van der Waals surface area contributed by atoms with E-state index in [-0.39, 0.29) is 23.5 Å². The largest absolute Gasteiger partial charge is 0.398 e. The molecule has 0 aliphatic rings. The number of halogens is 1. The number of hydrogen-bond donors (Lipinski definition) is 2. The van der Waals surface area contributed by atoms with E-state index in [1.54, 1.807) is 0 Å². The lowest BCUT2D eigenvalue weighted by Gasteiger charge is -2.07. The second-order valence-corrected chi connectivity index (χ2v) is 6.23. The zero-order valence-electron chi connectivity index (χ0n) is 9.94. The molecule has 1 rings (SSSR count). The summed E-state index contributed by atoms with van der Waals surface area (Å²) in [5, 5.41) is 2.53. The van der Waals surface area contributed by atoms with Gasteiger partial charge >= 0.3 is 0 Å². The predicted molar refractivity (Wildman–Crippen MR) is 67.5 cm³/mol. The number of rotatable bonds is 5. The Bertz CT molecular complexity index is 543. The van der Waals surface area contributed by atoms with Crippen molar-refractivity contribution in [2.24, 2.45) is 0 Å². The molecule has 18 heavy (non-hydrogen) atoms. The van der Waals surface area contributed by atoms with Crippen LogP contribution in [0.2, 0.25) is 0 Å². The normalized spacial score (nSPS) is 11.2. The molecule has 0 aliphatic heterocycles. The number of nitrogens with two attached hydrogens (primary N) is 1. The number of carbonyl (C=O) groups excluding carboxylic acids is 1. The molecule has 0 atom stereocenters. The van der Waals surface area contributed by atoms with Crippen molar-refractivity contribution in [2.45, 2.75) is 6.42 Å². The molecular weight excluding hydrogens is 259 g/mol. The van der Waals surface area contributed by atoms with E-state index in [9.17, 15) is 17.6 Å². The molecule has 1 amide bonds. The third kappa shape index (κ3) is 4.70. The van der Waals surface area contributed by atoms with Crippen LogP contribution < -0.4 is 11.1 Å². The minimum Gasteiger partial charge on any atom is -0.398 e. The van der Waals surface area contributed by atoms with E-state index >= 15 is 0 Å². The summed E-state index contributed by atoms with van der Waals surface area (Å²) in [5.74, 6) is -0.950. The van der Waals surface area contributed by atoms with Crippen LogP contribution in [0.5, 0.6) is 0 Å². The lowest BCUT2D eigenvalue weighted by Crippen LogP contribution is -2.26. The summed E-state index contributed by atoms with van der Waals surface area (Å²) >= 11 is 0. The van der Waals surface area contributed by atoms with Crippen molar-refractivity contribution >= 4 is 21.4 Å². The van der Waals surface area contributed by atoms with Crippen LogP contribution in [-0.2, 0) is 9.84 Å². The molecule has 1 aromatic rings. The van der Waals surface area contributed by atoms with E-state index in [0.29, 0.717) is 6.42 Å². The zero-order valence-corrected chi connectivity index (χ0v) is 10.8. The van der Waals surface area contributed by atoms with Crippen LogP contribution >= 0.6 is 0 Å². The molecule has 3 N–H and O–H groups in total. The Balaban J connectivity index is 2.51. The molecule has 0 aliphatic carbocycles. The molecular formula is C11H15FN2O3S. The van der Waals surface area contributed by atoms with Gasteiger partial charge in [-0.2, -0.15) is 0 Å². The van der Waals surface area contributed by atoms with Crippen LogP contribution in [-0.4, -0.2) is 32.9 Å². The fourth-order valence-corrected chi connectivity index (χ4v) is 2.04.